The number of hydrogen-bond donors (Lipinski definition) is 2. The highest BCUT2D eigenvalue weighted by atomic mass is 19.4. The summed E-state index contributed by atoms with van der Waals surface area (Å²) in [5.41, 5.74) is 0.719. The average molecular weight is 389 g/mol. The molecule has 0 radical (unpaired) electrons. The number of benzene rings is 1. The number of nitrogens with one attached hydrogen (secondary N) is 1. The van der Waals surface area contributed by atoms with Crippen LogP contribution in [0, 0.1) is 5.92 Å². The molecule has 0 bridgehead atoms. The van der Waals surface area contributed by atoms with Gasteiger partial charge in [0.05, 0.1) is 13.0 Å². The Balaban J connectivity index is 1.84. The maximum absolute atomic E-state index is 12.3. The molecule has 1 aliphatic carbocycles. The van der Waals surface area contributed by atoms with Gasteiger partial charge in [0.25, 0.3) is 0 Å². The van der Waals surface area contributed by atoms with Gasteiger partial charge in [-0.1, -0.05) is 6.07 Å². The molecule has 1 saturated carbocycles. The van der Waals surface area contributed by atoms with E-state index in [1.807, 2.05) is 0 Å². The number of amides is 1. The topological polar surface area (TPSA) is 84.9 Å². The summed E-state index contributed by atoms with van der Waals surface area (Å²) in [5.74, 6) is -1.30. The van der Waals surface area contributed by atoms with Gasteiger partial charge < -0.3 is 19.9 Å². The van der Waals surface area contributed by atoms with Crippen LogP contribution in [0.2, 0.25) is 0 Å². The van der Waals surface area contributed by atoms with Gasteiger partial charge in [-0.2, -0.15) is 13.2 Å². The van der Waals surface area contributed by atoms with Crippen molar-refractivity contribution in [3.8, 4) is 11.5 Å². The number of halogens is 3. The molecule has 1 fully saturated rings. The summed E-state index contributed by atoms with van der Waals surface area (Å²) < 4.78 is 46.5. The van der Waals surface area contributed by atoms with Crippen LogP contribution in [0.25, 0.3) is 0 Å². The van der Waals surface area contributed by atoms with Crippen molar-refractivity contribution in [1.29, 1.82) is 0 Å². The molecule has 0 spiro atoms. The number of aliphatic carboxylic acids is 1. The third-order valence-corrected chi connectivity index (χ3v) is 4.41. The van der Waals surface area contributed by atoms with E-state index < -0.39 is 24.7 Å². The van der Waals surface area contributed by atoms with E-state index in [0.29, 0.717) is 25.7 Å². The van der Waals surface area contributed by atoms with Gasteiger partial charge in [0.2, 0.25) is 5.91 Å². The predicted octanol–water partition coefficient (Wildman–Crippen LogP) is 2.94. The van der Waals surface area contributed by atoms with E-state index in [-0.39, 0.29) is 29.9 Å². The number of alkyl halides is 3. The molecule has 1 amide bonds. The minimum absolute atomic E-state index is 0.0197. The van der Waals surface area contributed by atoms with E-state index in [1.54, 1.807) is 6.07 Å². The molecule has 2 atom stereocenters. The minimum atomic E-state index is -4.44. The second-order valence-corrected chi connectivity index (χ2v) is 6.50. The van der Waals surface area contributed by atoms with Gasteiger partial charge in [0, 0.05) is 12.5 Å². The van der Waals surface area contributed by atoms with E-state index in [9.17, 15) is 22.8 Å². The Labute approximate surface area is 154 Å². The molecule has 27 heavy (non-hydrogen) atoms. The summed E-state index contributed by atoms with van der Waals surface area (Å²) in [6.45, 7) is -1.41. The van der Waals surface area contributed by atoms with Crippen molar-refractivity contribution in [2.24, 2.45) is 5.92 Å². The van der Waals surface area contributed by atoms with Crippen molar-refractivity contribution in [2.45, 2.75) is 44.3 Å². The van der Waals surface area contributed by atoms with Crippen LogP contribution in [0.15, 0.2) is 18.2 Å². The number of methoxy groups -OCH3 is 1. The normalized spacial score (nSPS) is 19.6. The lowest BCUT2D eigenvalue weighted by molar-refractivity contribution is -0.153. The van der Waals surface area contributed by atoms with Gasteiger partial charge in [0.15, 0.2) is 18.1 Å². The van der Waals surface area contributed by atoms with Crippen LogP contribution < -0.4 is 14.8 Å². The Morgan fingerprint density at radius 2 is 2.00 bits per heavy atom. The van der Waals surface area contributed by atoms with Gasteiger partial charge in [-0.15, -0.1) is 0 Å². The zero-order chi connectivity index (χ0) is 20.0. The molecule has 0 aromatic heterocycles. The number of carbonyl (C=O) groups is 2. The van der Waals surface area contributed by atoms with Crippen molar-refractivity contribution >= 4 is 11.9 Å². The standard InChI is InChI=1S/C18H22F3NO5/c1-26-15-8-11(2-6-14(15)27-10-18(19,20)21)3-7-16(23)22-13-5-4-12(9-13)17(24)25/h2,6,8,12-13H,3-5,7,9-10H2,1H3,(H,22,23)(H,24,25)/t12-,13+/m0/s1. The van der Waals surface area contributed by atoms with Crippen molar-refractivity contribution in [3.63, 3.8) is 0 Å². The van der Waals surface area contributed by atoms with E-state index in [2.05, 4.69) is 5.32 Å². The van der Waals surface area contributed by atoms with Crippen LogP contribution >= 0.6 is 0 Å². The first-order valence-electron chi connectivity index (χ1n) is 8.56. The molecule has 9 heteroatoms. The zero-order valence-corrected chi connectivity index (χ0v) is 14.8. The Kier molecular flexibility index (Phi) is 6.92. The molecule has 2 rings (SSSR count). The molecule has 0 saturated heterocycles. The Morgan fingerprint density at radius 1 is 1.26 bits per heavy atom. The molecule has 0 aliphatic heterocycles. The Bertz CT molecular complexity index is 677. The molecule has 0 heterocycles. The minimum Gasteiger partial charge on any atom is -0.493 e. The van der Waals surface area contributed by atoms with E-state index >= 15 is 0 Å². The summed E-state index contributed by atoms with van der Waals surface area (Å²) in [7, 11) is 1.32. The SMILES string of the molecule is COc1cc(CCC(=O)N[C@@H]2CC[C@H](C(=O)O)C2)ccc1OCC(F)(F)F. The number of carboxylic acid groups (broad SMARTS) is 1. The fourth-order valence-electron chi connectivity index (χ4n) is 3.04. The Morgan fingerprint density at radius 3 is 2.59 bits per heavy atom. The van der Waals surface area contributed by atoms with Crippen LogP contribution in [0.4, 0.5) is 13.2 Å². The molecule has 1 aromatic rings. The van der Waals surface area contributed by atoms with Gasteiger partial charge >= 0.3 is 12.1 Å². The molecule has 150 valence electrons. The van der Waals surface area contributed by atoms with Crippen LogP contribution in [0.5, 0.6) is 11.5 Å². The summed E-state index contributed by atoms with van der Waals surface area (Å²) in [4.78, 5) is 23.0. The fourth-order valence-corrected chi connectivity index (χ4v) is 3.04. The second kappa shape index (κ2) is 8.96. The molecule has 0 unspecified atom stereocenters. The number of carboxylic acids is 1. The van der Waals surface area contributed by atoms with Crippen molar-refractivity contribution < 1.29 is 37.3 Å². The van der Waals surface area contributed by atoms with Crippen LogP contribution in [-0.4, -0.2) is 42.9 Å². The number of ether oxygens (including phenoxy) is 2. The lowest BCUT2D eigenvalue weighted by atomic mass is 10.1. The molecule has 1 aromatic carbocycles. The molecule has 1 aliphatic rings. The smallest absolute Gasteiger partial charge is 0.422 e. The third kappa shape index (κ3) is 6.65. The first kappa shape index (κ1) is 20.9. The van der Waals surface area contributed by atoms with Gasteiger partial charge in [-0.3, -0.25) is 9.59 Å². The number of rotatable bonds is 8. The molecular formula is C18H22F3NO5. The number of hydrogen-bond acceptors (Lipinski definition) is 4. The maximum atomic E-state index is 12.3. The van der Waals surface area contributed by atoms with Crippen LogP contribution in [0.3, 0.4) is 0 Å². The fraction of sp³-hybridized carbons (Fsp3) is 0.556. The lowest BCUT2D eigenvalue weighted by Gasteiger charge is -2.14. The monoisotopic (exact) mass is 389 g/mol. The first-order chi connectivity index (χ1) is 12.7. The van der Waals surface area contributed by atoms with E-state index in [1.165, 1.54) is 19.2 Å². The lowest BCUT2D eigenvalue weighted by Crippen LogP contribution is -2.33. The van der Waals surface area contributed by atoms with Gasteiger partial charge in [-0.25, -0.2) is 0 Å². The van der Waals surface area contributed by atoms with E-state index in [0.717, 1.165) is 5.56 Å². The summed E-state index contributed by atoms with van der Waals surface area (Å²) >= 11 is 0. The second-order valence-electron chi connectivity index (χ2n) is 6.50. The molecule has 6 nitrogen and oxygen atoms in total. The van der Waals surface area contributed by atoms with Crippen molar-refractivity contribution in [1.82, 2.24) is 5.32 Å². The highest BCUT2D eigenvalue weighted by molar-refractivity contribution is 5.77. The molecular weight excluding hydrogens is 367 g/mol. The zero-order valence-electron chi connectivity index (χ0n) is 14.8. The number of carbonyl (C=O) groups excluding carboxylic acids is 1. The summed E-state index contributed by atoms with van der Waals surface area (Å²) in [6, 6.07) is 4.37. The van der Waals surface area contributed by atoms with Crippen LogP contribution in [0.1, 0.15) is 31.2 Å². The Hall–Kier alpha value is -2.45. The first-order valence-corrected chi connectivity index (χ1v) is 8.56. The highest BCUT2D eigenvalue weighted by Gasteiger charge is 2.30. The van der Waals surface area contributed by atoms with E-state index in [4.69, 9.17) is 14.6 Å². The van der Waals surface area contributed by atoms with Gasteiger partial charge in [0.1, 0.15) is 0 Å². The van der Waals surface area contributed by atoms with Crippen molar-refractivity contribution in [3.05, 3.63) is 23.8 Å². The quantitative estimate of drug-likeness (QED) is 0.714. The highest BCUT2D eigenvalue weighted by Crippen LogP contribution is 2.30. The predicted molar refractivity (Wildman–Crippen MR) is 89.8 cm³/mol. The summed E-state index contributed by atoms with van der Waals surface area (Å²) in [5, 5.41) is 11.8. The van der Waals surface area contributed by atoms with Crippen molar-refractivity contribution in [2.75, 3.05) is 13.7 Å². The summed E-state index contributed by atoms with van der Waals surface area (Å²) in [6.07, 6.45) is -2.27. The van der Waals surface area contributed by atoms with Gasteiger partial charge in [-0.05, 0) is 43.4 Å². The third-order valence-electron chi connectivity index (χ3n) is 4.41. The van der Waals surface area contributed by atoms with Crippen LogP contribution in [-0.2, 0) is 16.0 Å². The maximum Gasteiger partial charge on any atom is 0.422 e. The largest absolute Gasteiger partial charge is 0.493 e. The average Bonchev–Trinajstić information content (AvgIpc) is 3.06. The molecule has 2 N–H and O–H groups in total. The number of aryl methyl sites for hydroxylation is 1.